The minimum absolute atomic E-state index is 0.704. The quantitative estimate of drug-likeness (QED) is 0.585. The molecule has 0 unspecified atom stereocenters. The SMILES string of the molecule is C=Cc1cn2oncc2n1. The van der Waals surface area contributed by atoms with Gasteiger partial charge >= 0.3 is 0 Å². The average molecular weight is 135 g/mol. The normalized spacial score (nSPS) is 10.4. The highest BCUT2D eigenvalue weighted by atomic mass is 16.6. The standard InChI is InChI=1S/C6H5N3O/c1-2-5-4-9-6(8-5)3-7-10-9/h2-4H,1H2. The van der Waals surface area contributed by atoms with Crippen LogP contribution in [-0.2, 0) is 0 Å². The van der Waals surface area contributed by atoms with E-state index < -0.39 is 0 Å². The Morgan fingerprint density at radius 3 is 3.30 bits per heavy atom. The van der Waals surface area contributed by atoms with Crippen molar-refractivity contribution in [1.29, 1.82) is 0 Å². The van der Waals surface area contributed by atoms with Gasteiger partial charge in [-0.25, -0.2) is 4.98 Å². The Hall–Kier alpha value is -1.58. The largest absolute Gasteiger partial charge is 0.262 e. The van der Waals surface area contributed by atoms with Crippen LogP contribution in [0.15, 0.2) is 23.6 Å². The molecule has 0 bridgehead atoms. The molecule has 2 rings (SSSR count). The molecule has 0 saturated heterocycles. The van der Waals surface area contributed by atoms with E-state index in [0.717, 1.165) is 5.69 Å². The second-order valence-electron chi connectivity index (χ2n) is 1.87. The van der Waals surface area contributed by atoms with Crippen LogP contribution in [0.25, 0.3) is 11.7 Å². The molecule has 0 radical (unpaired) electrons. The minimum atomic E-state index is 0.704. The number of fused-ring (bicyclic) bond motifs is 1. The molecule has 50 valence electrons. The van der Waals surface area contributed by atoms with E-state index >= 15 is 0 Å². The maximum atomic E-state index is 4.76. The van der Waals surface area contributed by atoms with E-state index in [4.69, 9.17) is 4.63 Å². The van der Waals surface area contributed by atoms with Crippen molar-refractivity contribution in [3.8, 4) is 0 Å². The van der Waals surface area contributed by atoms with Gasteiger partial charge in [-0.15, -0.1) is 4.57 Å². The average Bonchev–Trinajstić information content (AvgIpc) is 2.42. The zero-order valence-electron chi connectivity index (χ0n) is 5.19. The van der Waals surface area contributed by atoms with E-state index in [2.05, 4.69) is 16.7 Å². The van der Waals surface area contributed by atoms with Crippen LogP contribution in [0, 0.1) is 0 Å². The Balaban J connectivity index is 2.78. The van der Waals surface area contributed by atoms with Crippen LogP contribution in [0.3, 0.4) is 0 Å². The molecule has 4 heteroatoms. The van der Waals surface area contributed by atoms with Crippen LogP contribution < -0.4 is 0 Å². The topological polar surface area (TPSA) is 43.3 Å². The highest BCUT2D eigenvalue weighted by Gasteiger charge is 1.98. The molecule has 0 N–H and O–H groups in total. The van der Waals surface area contributed by atoms with Gasteiger partial charge in [-0.05, 0) is 6.08 Å². The van der Waals surface area contributed by atoms with Crippen molar-refractivity contribution >= 4 is 11.7 Å². The molecule has 0 amide bonds. The summed E-state index contributed by atoms with van der Waals surface area (Å²) in [6.45, 7) is 3.57. The number of aromatic nitrogens is 3. The zero-order chi connectivity index (χ0) is 6.97. The zero-order valence-corrected chi connectivity index (χ0v) is 5.19. The predicted octanol–water partition coefficient (Wildman–Crippen LogP) is 0.965. The summed E-state index contributed by atoms with van der Waals surface area (Å²) in [5, 5.41) is 3.53. The highest BCUT2D eigenvalue weighted by molar-refractivity contribution is 5.47. The summed E-state index contributed by atoms with van der Waals surface area (Å²) < 4.78 is 6.24. The first-order chi connectivity index (χ1) is 4.90. The molecule has 0 saturated carbocycles. The summed E-state index contributed by atoms with van der Waals surface area (Å²) in [6, 6.07) is 0. The van der Waals surface area contributed by atoms with E-state index in [-0.39, 0.29) is 0 Å². The Morgan fingerprint density at radius 1 is 1.70 bits per heavy atom. The monoisotopic (exact) mass is 135 g/mol. The molecule has 0 aliphatic rings. The van der Waals surface area contributed by atoms with Gasteiger partial charge < -0.3 is 0 Å². The van der Waals surface area contributed by atoms with E-state index in [1.54, 1.807) is 18.5 Å². The van der Waals surface area contributed by atoms with E-state index in [1.165, 1.54) is 4.57 Å². The molecular weight excluding hydrogens is 130 g/mol. The number of hydrogen-bond donors (Lipinski definition) is 0. The van der Waals surface area contributed by atoms with Gasteiger partial charge in [-0.1, -0.05) is 11.7 Å². The number of imidazole rings is 1. The van der Waals surface area contributed by atoms with Crippen molar-refractivity contribution in [1.82, 2.24) is 14.7 Å². The first kappa shape index (κ1) is 5.22. The molecule has 2 aromatic heterocycles. The minimum Gasteiger partial charge on any atom is -0.262 e. The fraction of sp³-hybridized carbons (Fsp3) is 0. The van der Waals surface area contributed by atoms with Gasteiger partial charge in [0.25, 0.3) is 0 Å². The van der Waals surface area contributed by atoms with Crippen LogP contribution >= 0.6 is 0 Å². The van der Waals surface area contributed by atoms with Gasteiger partial charge in [0.05, 0.1) is 11.9 Å². The van der Waals surface area contributed by atoms with Gasteiger partial charge in [0, 0.05) is 0 Å². The van der Waals surface area contributed by atoms with E-state index in [9.17, 15) is 0 Å². The van der Waals surface area contributed by atoms with Gasteiger partial charge in [0.2, 0.25) is 0 Å². The lowest BCUT2D eigenvalue weighted by Gasteiger charge is -1.72. The Kier molecular flexibility index (Phi) is 0.887. The summed E-state index contributed by atoms with van der Waals surface area (Å²) in [5.41, 5.74) is 1.50. The highest BCUT2D eigenvalue weighted by Crippen LogP contribution is 2.03. The first-order valence-electron chi connectivity index (χ1n) is 2.83. The van der Waals surface area contributed by atoms with Crippen molar-refractivity contribution in [2.45, 2.75) is 0 Å². The van der Waals surface area contributed by atoms with Crippen molar-refractivity contribution in [2.75, 3.05) is 0 Å². The fourth-order valence-electron chi connectivity index (χ4n) is 0.768. The Labute approximate surface area is 56.7 Å². The van der Waals surface area contributed by atoms with Gasteiger partial charge in [0.15, 0.2) is 5.65 Å². The Bertz CT molecular complexity index is 331. The van der Waals surface area contributed by atoms with E-state index in [1.807, 2.05) is 0 Å². The molecule has 0 atom stereocenters. The molecule has 0 spiro atoms. The van der Waals surface area contributed by atoms with E-state index in [0.29, 0.717) is 5.65 Å². The third-order valence-corrected chi connectivity index (χ3v) is 1.23. The summed E-state index contributed by atoms with van der Waals surface area (Å²) >= 11 is 0. The summed E-state index contributed by atoms with van der Waals surface area (Å²) in [4.78, 5) is 4.08. The van der Waals surface area contributed by atoms with Gasteiger partial charge in [-0.3, -0.25) is 4.63 Å². The molecule has 0 fully saturated rings. The maximum Gasteiger partial charge on any atom is 0.193 e. The third-order valence-electron chi connectivity index (χ3n) is 1.23. The summed E-state index contributed by atoms with van der Waals surface area (Å²) in [5.74, 6) is 0. The van der Waals surface area contributed by atoms with Crippen molar-refractivity contribution < 1.29 is 4.63 Å². The lowest BCUT2D eigenvalue weighted by Crippen LogP contribution is -1.68. The predicted molar refractivity (Wildman–Crippen MR) is 35.3 cm³/mol. The molecule has 2 heterocycles. The fourth-order valence-corrected chi connectivity index (χ4v) is 0.768. The smallest absolute Gasteiger partial charge is 0.193 e. The van der Waals surface area contributed by atoms with Crippen molar-refractivity contribution in [3.63, 3.8) is 0 Å². The molecule has 2 aromatic rings. The number of hydrogen-bond acceptors (Lipinski definition) is 3. The van der Waals surface area contributed by atoms with Crippen LogP contribution in [0.4, 0.5) is 0 Å². The Morgan fingerprint density at radius 2 is 2.60 bits per heavy atom. The summed E-state index contributed by atoms with van der Waals surface area (Å²) in [6.07, 6.45) is 4.92. The third kappa shape index (κ3) is 0.556. The van der Waals surface area contributed by atoms with Crippen molar-refractivity contribution in [2.24, 2.45) is 0 Å². The second kappa shape index (κ2) is 1.70. The lowest BCUT2D eigenvalue weighted by atomic mass is 10.5. The van der Waals surface area contributed by atoms with Crippen LogP contribution in [0.1, 0.15) is 5.69 Å². The molecule has 0 aliphatic carbocycles. The maximum absolute atomic E-state index is 4.76. The number of rotatable bonds is 1. The molecule has 10 heavy (non-hydrogen) atoms. The number of nitrogens with zero attached hydrogens (tertiary/aromatic N) is 3. The second-order valence-corrected chi connectivity index (χ2v) is 1.87. The van der Waals surface area contributed by atoms with Gasteiger partial charge in [0.1, 0.15) is 6.20 Å². The molecule has 4 nitrogen and oxygen atoms in total. The summed E-state index contributed by atoms with van der Waals surface area (Å²) in [7, 11) is 0. The van der Waals surface area contributed by atoms with Crippen molar-refractivity contribution in [3.05, 3.63) is 24.7 Å². The molecule has 0 aromatic carbocycles. The van der Waals surface area contributed by atoms with Crippen LogP contribution in [-0.4, -0.2) is 14.7 Å². The van der Waals surface area contributed by atoms with Crippen LogP contribution in [0.5, 0.6) is 0 Å². The van der Waals surface area contributed by atoms with Gasteiger partial charge in [-0.2, -0.15) is 0 Å². The molecular formula is C6H5N3O. The molecule has 0 aliphatic heterocycles. The van der Waals surface area contributed by atoms with Crippen LogP contribution in [0.2, 0.25) is 0 Å². The first-order valence-corrected chi connectivity index (χ1v) is 2.83. The lowest BCUT2D eigenvalue weighted by molar-refractivity contribution is 0.273.